The minimum absolute atomic E-state index is 0.0846. The van der Waals surface area contributed by atoms with Gasteiger partial charge in [-0.2, -0.15) is 0 Å². The average Bonchev–Trinajstić information content (AvgIpc) is 2.68. The summed E-state index contributed by atoms with van der Waals surface area (Å²) < 4.78 is 14.5. The third kappa shape index (κ3) is 4.50. The molecule has 1 aliphatic rings. The van der Waals surface area contributed by atoms with Gasteiger partial charge in [0, 0.05) is 21.8 Å². The van der Waals surface area contributed by atoms with Crippen LogP contribution in [0.15, 0.2) is 95.4 Å². The predicted octanol–water partition coefficient (Wildman–Crippen LogP) is 6.41. The van der Waals surface area contributed by atoms with Crippen molar-refractivity contribution in [1.82, 2.24) is 0 Å². The molecule has 2 nitrogen and oxygen atoms in total. The first kappa shape index (κ1) is 22.2. The van der Waals surface area contributed by atoms with Gasteiger partial charge in [0.15, 0.2) is 12.9 Å². The quantitative estimate of drug-likeness (QED) is 0.540. The zero-order chi connectivity index (χ0) is 22.2. The van der Waals surface area contributed by atoms with Crippen molar-refractivity contribution in [3.8, 4) is 0 Å². The van der Waals surface area contributed by atoms with E-state index >= 15 is 0 Å². The highest BCUT2D eigenvalue weighted by atomic mass is 31.2. The van der Waals surface area contributed by atoms with Crippen LogP contribution < -0.4 is 10.6 Å². The van der Waals surface area contributed by atoms with E-state index in [0.29, 0.717) is 0 Å². The van der Waals surface area contributed by atoms with Gasteiger partial charge in [-0.05, 0) is 34.4 Å². The molecule has 0 spiro atoms. The third-order valence-corrected chi connectivity index (χ3v) is 8.13. The number of ketones is 1. The van der Waals surface area contributed by atoms with Crippen LogP contribution in [0.2, 0.25) is 0 Å². The second-order valence-corrected chi connectivity index (χ2v) is 12.5. The first-order valence-electron chi connectivity index (χ1n) is 10.4. The molecule has 0 amide bonds. The Morgan fingerprint density at radius 1 is 0.667 bits per heavy atom. The smallest absolute Gasteiger partial charge is 0.186 e. The summed E-state index contributed by atoms with van der Waals surface area (Å²) in [5, 5.41) is 1.58. The minimum Gasteiger partial charge on any atom is -0.309 e. The summed E-state index contributed by atoms with van der Waals surface area (Å²) in [7, 11) is -3.03. The highest BCUT2D eigenvalue weighted by molar-refractivity contribution is 7.81. The van der Waals surface area contributed by atoms with Crippen LogP contribution in [0.4, 0.5) is 0 Å². The standard InChI is InChI=1S/C27H31O2P/c1-26(2,3)23-17-20(18-24(25(23)28)27(4,5)6)19-30(29,21-13-9-7-10-14-21)22-15-11-8-12-16-22/h7-19H,1-6H3. The largest absolute Gasteiger partial charge is 0.309 e. The normalized spacial score (nSPS) is 15.5. The SMILES string of the molecule is CC(C)(C)C1=CC(=CP(=O)(c2ccccc2)c2ccccc2)C=C(C(C)(C)C)C1=O. The van der Waals surface area contributed by atoms with Crippen LogP contribution in [0.25, 0.3) is 0 Å². The summed E-state index contributed by atoms with van der Waals surface area (Å²) in [6, 6.07) is 19.2. The van der Waals surface area contributed by atoms with E-state index in [4.69, 9.17) is 0 Å². The summed E-state index contributed by atoms with van der Waals surface area (Å²) in [6.07, 6.45) is 3.85. The lowest BCUT2D eigenvalue weighted by Gasteiger charge is -2.31. The molecular formula is C27H31O2P. The highest BCUT2D eigenvalue weighted by Crippen LogP contribution is 2.48. The lowest BCUT2D eigenvalue weighted by molar-refractivity contribution is -0.114. The first-order valence-corrected chi connectivity index (χ1v) is 12.1. The van der Waals surface area contributed by atoms with E-state index in [2.05, 4.69) is 0 Å². The van der Waals surface area contributed by atoms with Crippen LogP contribution >= 0.6 is 7.14 Å². The summed E-state index contributed by atoms with van der Waals surface area (Å²) >= 11 is 0. The van der Waals surface area contributed by atoms with Crippen molar-refractivity contribution in [1.29, 1.82) is 0 Å². The van der Waals surface area contributed by atoms with Gasteiger partial charge in [-0.3, -0.25) is 4.79 Å². The summed E-state index contributed by atoms with van der Waals surface area (Å²) in [4.78, 5) is 13.2. The van der Waals surface area contributed by atoms with E-state index in [1.807, 2.05) is 120 Å². The fourth-order valence-corrected chi connectivity index (χ4v) is 6.04. The second kappa shape index (κ2) is 8.00. The molecule has 0 unspecified atom stereocenters. The molecule has 156 valence electrons. The van der Waals surface area contributed by atoms with Gasteiger partial charge in [0.2, 0.25) is 0 Å². The van der Waals surface area contributed by atoms with Gasteiger partial charge in [0.25, 0.3) is 0 Å². The maximum atomic E-state index is 14.5. The van der Waals surface area contributed by atoms with Crippen LogP contribution in [0.5, 0.6) is 0 Å². The Kier molecular flexibility index (Phi) is 5.94. The summed E-state index contributed by atoms with van der Waals surface area (Å²) in [6.45, 7) is 12.3. The third-order valence-electron chi connectivity index (χ3n) is 5.34. The van der Waals surface area contributed by atoms with Gasteiger partial charge in [-0.15, -0.1) is 0 Å². The number of hydrogen-bond donors (Lipinski definition) is 0. The van der Waals surface area contributed by atoms with Crippen LogP contribution in [-0.4, -0.2) is 5.78 Å². The van der Waals surface area contributed by atoms with E-state index in [-0.39, 0.29) is 16.6 Å². The number of carbonyl (C=O) groups is 1. The lowest BCUT2D eigenvalue weighted by atomic mass is 9.72. The zero-order valence-electron chi connectivity index (χ0n) is 18.8. The Labute approximate surface area is 180 Å². The Morgan fingerprint density at radius 3 is 1.37 bits per heavy atom. The minimum atomic E-state index is -3.03. The van der Waals surface area contributed by atoms with E-state index in [9.17, 15) is 9.36 Å². The molecule has 3 rings (SSSR count). The van der Waals surface area contributed by atoms with Gasteiger partial charge in [0.05, 0.1) is 0 Å². The van der Waals surface area contributed by atoms with E-state index in [1.165, 1.54) is 0 Å². The van der Waals surface area contributed by atoms with Crippen molar-refractivity contribution in [2.75, 3.05) is 0 Å². The van der Waals surface area contributed by atoms with Crippen molar-refractivity contribution in [3.63, 3.8) is 0 Å². The van der Waals surface area contributed by atoms with Crippen LogP contribution in [-0.2, 0) is 9.36 Å². The topological polar surface area (TPSA) is 34.1 Å². The molecule has 30 heavy (non-hydrogen) atoms. The number of allylic oxidation sites excluding steroid dienone is 5. The Hall–Kier alpha value is -2.44. The molecule has 0 saturated heterocycles. The molecule has 2 aromatic rings. The van der Waals surface area contributed by atoms with Crippen LogP contribution in [0, 0.1) is 10.8 Å². The fraction of sp³-hybridized carbons (Fsp3) is 0.296. The molecule has 0 fully saturated rings. The number of benzene rings is 2. The van der Waals surface area contributed by atoms with Gasteiger partial charge in [-0.25, -0.2) is 0 Å². The molecular weight excluding hydrogens is 387 g/mol. The van der Waals surface area contributed by atoms with E-state index in [0.717, 1.165) is 27.3 Å². The number of carbonyl (C=O) groups excluding carboxylic acids is 1. The second-order valence-electron chi connectivity index (χ2n) is 9.90. The van der Waals surface area contributed by atoms with E-state index < -0.39 is 7.14 Å². The average molecular weight is 419 g/mol. The maximum absolute atomic E-state index is 14.5. The molecule has 3 heteroatoms. The first-order chi connectivity index (χ1) is 13.9. The van der Waals surface area contributed by atoms with Gasteiger partial charge in [-0.1, -0.05) is 102 Å². The van der Waals surface area contributed by atoms with Gasteiger partial charge in [0.1, 0.15) is 0 Å². The summed E-state index contributed by atoms with van der Waals surface area (Å²) in [5.74, 6) is 1.96. The number of hydrogen-bond acceptors (Lipinski definition) is 2. The van der Waals surface area contributed by atoms with Crippen molar-refractivity contribution >= 4 is 23.5 Å². The van der Waals surface area contributed by atoms with Crippen LogP contribution in [0.1, 0.15) is 41.5 Å². The fourth-order valence-electron chi connectivity index (χ4n) is 3.65. The molecule has 0 aliphatic heterocycles. The Bertz CT molecular complexity index is 994. The zero-order valence-corrected chi connectivity index (χ0v) is 19.7. The molecule has 0 saturated carbocycles. The monoisotopic (exact) mass is 418 g/mol. The predicted molar refractivity (Wildman–Crippen MR) is 128 cm³/mol. The highest BCUT2D eigenvalue weighted by Gasteiger charge is 2.35. The molecule has 0 bridgehead atoms. The van der Waals surface area contributed by atoms with Crippen LogP contribution in [0.3, 0.4) is 0 Å². The molecule has 0 heterocycles. The molecule has 1 aliphatic carbocycles. The van der Waals surface area contributed by atoms with E-state index in [1.54, 1.807) is 0 Å². The van der Waals surface area contributed by atoms with Crippen molar-refractivity contribution in [2.24, 2.45) is 10.8 Å². The molecule has 0 aromatic heterocycles. The number of Topliss-reactive ketones (excluding diaryl/α,β-unsaturated/α-hetero) is 1. The molecule has 0 atom stereocenters. The maximum Gasteiger partial charge on any atom is 0.186 e. The summed E-state index contributed by atoms with van der Waals surface area (Å²) in [5.41, 5.74) is 1.75. The Balaban J connectivity index is 2.28. The molecule has 0 N–H and O–H groups in total. The van der Waals surface area contributed by atoms with Crippen molar-refractivity contribution < 1.29 is 9.36 Å². The van der Waals surface area contributed by atoms with Gasteiger partial charge >= 0.3 is 0 Å². The lowest BCUT2D eigenvalue weighted by Crippen LogP contribution is -2.28. The Morgan fingerprint density at radius 2 is 1.03 bits per heavy atom. The van der Waals surface area contributed by atoms with Crippen molar-refractivity contribution in [3.05, 3.63) is 95.4 Å². The molecule has 0 radical (unpaired) electrons. The molecule has 2 aromatic carbocycles. The van der Waals surface area contributed by atoms with Gasteiger partial charge < -0.3 is 4.57 Å². The van der Waals surface area contributed by atoms with Crippen molar-refractivity contribution in [2.45, 2.75) is 41.5 Å². The number of rotatable bonds is 3.